The van der Waals surface area contributed by atoms with Gasteiger partial charge in [0.15, 0.2) is 4.80 Å². The Hall–Kier alpha value is -4.29. The number of carbonyl (C=O) groups is 3. The number of benzene rings is 3. The number of aromatic nitrogens is 1. The SMILES string of the molecule is CCOC(=O)Cn1c(=NC(=O)c2ccccc2NS(=O)(=O)c2ccc(C)cc2)sc2cc(NC(C)=O)ccc21. The highest BCUT2D eigenvalue weighted by Gasteiger charge is 2.19. The largest absolute Gasteiger partial charge is 0.465 e. The van der Waals surface area contributed by atoms with E-state index in [1.807, 2.05) is 6.92 Å². The minimum atomic E-state index is -3.97. The number of aryl methyl sites for hydroxylation is 1. The van der Waals surface area contributed by atoms with E-state index in [0.717, 1.165) is 16.9 Å². The van der Waals surface area contributed by atoms with Gasteiger partial charge in [-0.3, -0.25) is 19.1 Å². The maximum atomic E-state index is 13.4. The molecule has 0 aliphatic carbocycles. The third kappa shape index (κ3) is 6.59. The fourth-order valence-electron chi connectivity index (χ4n) is 3.75. The highest BCUT2D eigenvalue weighted by molar-refractivity contribution is 7.92. The van der Waals surface area contributed by atoms with Crippen LogP contribution in [0.3, 0.4) is 0 Å². The molecule has 0 fully saturated rings. The molecule has 3 aromatic carbocycles. The number of amides is 2. The van der Waals surface area contributed by atoms with Crippen molar-refractivity contribution in [2.75, 3.05) is 16.6 Å². The molecule has 4 aromatic rings. The van der Waals surface area contributed by atoms with Crippen molar-refractivity contribution in [1.29, 1.82) is 0 Å². The predicted molar refractivity (Wildman–Crippen MR) is 149 cm³/mol. The molecule has 0 radical (unpaired) electrons. The first-order valence-corrected chi connectivity index (χ1v) is 14.2. The van der Waals surface area contributed by atoms with Crippen molar-refractivity contribution in [3.05, 3.63) is 82.7 Å². The zero-order valence-electron chi connectivity index (χ0n) is 21.4. The van der Waals surface area contributed by atoms with Gasteiger partial charge in [-0.2, -0.15) is 4.99 Å². The number of nitrogens with one attached hydrogen (secondary N) is 2. The number of para-hydroxylation sites is 1. The Morgan fingerprint density at radius 3 is 2.44 bits per heavy atom. The van der Waals surface area contributed by atoms with Gasteiger partial charge in [0.1, 0.15) is 6.54 Å². The van der Waals surface area contributed by atoms with Crippen LogP contribution in [-0.2, 0) is 30.9 Å². The van der Waals surface area contributed by atoms with Crippen LogP contribution in [-0.4, -0.2) is 37.4 Å². The van der Waals surface area contributed by atoms with Crippen molar-refractivity contribution < 1.29 is 27.5 Å². The summed E-state index contributed by atoms with van der Waals surface area (Å²) in [5.74, 6) is -1.46. The second kappa shape index (κ2) is 11.6. The third-order valence-electron chi connectivity index (χ3n) is 5.53. The van der Waals surface area contributed by atoms with E-state index in [4.69, 9.17) is 4.74 Å². The average Bonchev–Trinajstić information content (AvgIpc) is 3.19. The summed E-state index contributed by atoms with van der Waals surface area (Å²) in [4.78, 5) is 41.7. The molecule has 202 valence electrons. The zero-order valence-corrected chi connectivity index (χ0v) is 23.1. The van der Waals surface area contributed by atoms with E-state index in [-0.39, 0.29) is 40.0 Å². The van der Waals surface area contributed by atoms with Crippen LogP contribution in [0.2, 0.25) is 0 Å². The van der Waals surface area contributed by atoms with E-state index >= 15 is 0 Å². The molecule has 1 heterocycles. The normalized spacial score (nSPS) is 11.8. The quantitative estimate of drug-likeness (QED) is 0.309. The summed E-state index contributed by atoms with van der Waals surface area (Å²) < 4.78 is 35.7. The first-order valence-electron chi connectivity index (χ1n) is 11.9. The van der Waals surface area contributed by atoms with Gasteiger partial charge < -0.3 is 14.6 Å². The molecule has 0 spiro atoms. The Morgan fingerprint density at radius 2 is 1.74 bits per heavy atom. The fraction of sp³-hybridized carbons (Fsp3) is 0.185. The summed E-state index contributed by atoms with van der Waals surface area (Å²) in [5.41, 5.74) is 2.17. The number of thiazole rings is 1. The van der Waals surface area contributed by atoms with Crippen LogP contribution in [0.5, 0.6) is 0 Å². The molecule has 12 heteroatoms. The molecule has 0 saturated carbocycles. The number of fused-ring (bicyclic) bond motifs is 1. The average molecular weight is 567 g/mol. The second-order valence-electron chi connectivity index (χ2n) is 8.52. The Morgan fingerprint density at radius 1 is 1.03 bits per heavy atom. The zero-order chi connectivity index (χ0) is 28.2. The summed E-state index contributed by atoms with van der Waals surface area (Å²) in [5, 5.41) is 2.70. The number of anilines is 2. The van der Waals surface area contributed by atoms with Crippen molar-refractivity contribution >= 4 is 60.7 Å². The maximum Gasteiger partial charge on any atom is 0.326 e. The van der Waals surface area contributed by atoms with Gasteiger partial charge in [-0.1, -0.05) is 41.2 Å². The molecule has 39 heavy (non-hydrogen) atoms. The van der Waals surface area contributed by atoms with Crippen molar-refractivity contribution in [1.82, 2.24) is 4.57 Å². The molecule has 2 amide bonds. The van der Waals surface area contributed by atoms with Crippen LogP contribution in [0.25, 0.3) is 10.2 Å². The van der Waals surface area contributed by atoms with Crippen molar-refractivity contribution in [3.63, 3.8) is 0 Å². The van der Waals surface area contributed by atoms with E-state index < -0.39 is 21.9 Å². The highest BCUT2D eigenvalue weighted by atomic mass is 32.2. The standard InChI is InChI=1S/C27H26N4O6S2/c1-4-37-25(33)16-31-23-14-11-19(28-18(3)32)15-24(23)38-27(31)29-26(34)21-7-5-6-8-22(21)30-39(35,36)20-12-9-17(2)10-13-20/h5-15,30H,4,16H2,1-3H3,(H,28,32). The molecule has 2 N–H and O–H groups in total. The van der Waals surface area contributed by atoms with E-state index in [0.29, 0.717) is 15.9 Å². The molecule has 0 saturated heterocycles. The van der Waals surface area contributed by atoms with Gasteiger partial charge >= 0.3 is 5.97 Å². The summed E-state index contributed by atoms with van der Waals surface area (Å²) in [6.07, 6.45) is 0. The molecule has 4 rings (SSSR count). The Balaban J connectivity index is 1.76. The summed E-state index contributed by atoms with van der Waals surface area (Å²) >= 11 is 1.14. The number of carbonyl (C=O) groups excluding carboxylic acids is 3. The van der Waals surface area contributed by atoms with Crippen LogP contribution < -0.4 is 14.8 Å². The van der Waals surface area contributed by atoms with E-state index in [9.17, 15) is 22.8 Å². The minimum Gasteiger partial charge on any atom is -0.465 e. The van der Waals surface area contributed by atoms with Gasteiger partial charge in [0.2, 0.25) is 5.91 Å². The van der Waals surface area contributed by atoms with Gasteiger partial charge in [0.05, 0.1) is 33.0 Å². The fourth-order valence-corrected chi connectivity index (χ4v) is 5.90. The Kier molecular flexibility index (Phi) is 8.27. The number of rotatable bonds is 8. The lowest BCUT2D eigenvalue weighted by Gasteiger charge is -2.11. The molecule has 0 unspecified atom stereocenters. The van der Waals surface area contributed by atoms with Gasteiger partial charge in [-0.15, -0.1) is 0 Å². The van der Waals surface area contributed by atoms with Crippen LogP contribution in [0.1, 0.15) is 29.8 Å². The summed E-state index contributed by atoms with van der Waals surface area (Å²) in [6, 6.07) is 17.6. The lowest BCUT2D eigenvalue weighted by atomic mass is 10.2. The molecular weight excluding hydrogens is 540 g/mol. The molecule has 0 bridgehead atoms. The highest BCUT2D eigenvalue weighted by Crippen LogP contribution is 2.24. The van der Waals surface area contributed by atoms with E-state index in [1.165, 1.54) is 31.2 Å². The lowest BCUT2D eigenvalue weighted by molar-refractivity contribution is -0.143. The Bertz CT molecular complexity index is 1740. The topological polar surface area (TPSA) is 136 Å². The van der Waals surface area contributed by atoms with Gasteiger partial charge in [-0.05, 0) is 56.3 Å². The van der Waals surface area contributed by atoms with Crippen LogP contribution >= 0.6 is 11.3 Å². The number of nitrogens with zero attached hydrogens (tertiary/aromatic N) is 2. The van der Waals surface area contributed by atoms with Gasteiger partial charge in [0, 0.05) is 12.6 Å². The smallest absolute Gasteiger partial charge is 0.326 e. The third-order valence-corrected chi connectivity index (χ3v) is 7.95. The van der Waals surface area contributed by atoms with Crippen LogP contribution in [0, 0.1) is 6.92 Å². The monoisotopic (exact) mass is 566 g/mol. The number of sulfonamides is 1. The molecule has 0 atom stereocenters. The number of hydrogen-bond acceptors (Lipinski definition) is 7. The van der Waals surface area contributed by atoms with E-state index in [2.05, 4.69) is 15.0 Å². The van der Waals surface area contributed by atoms with Crippen molar-refractivity contribution in [3.8, 4) is 0 Å². The minimum absolute atomic E-state index is 0.0345. The van der Waals surface area contributed by atoms with Gasteiger partial charge in [-0.25, -0.2) is 8.42 Å². The second-order valence-corrected chi connectivity index (χ2v) is 11.2. The van der Waals surface area contributed by atoms with Crippen LogP contribution in [0.15, 0.2) is 76.6 Å². The van der Waals surface area contributed by atoms with Gasteiger partial charge in [0.25, 0.3) is 15.9 Å². The molecule has 10 nitrogen and oxygen atoms in total. The predicted octanol–water partition coefficient (Wildman–Crippen LogP) is 4.07. The lowest BCUT2D eigenvalue weighted by Crippen LogP contribution is -2.23. The number of ether oxygens (including phenoxy) is 1. The number of esters is 1. The molecular formula is C27H26N4O6S2. The number of hydrogen-bond donors (Lipinski definition) is 2. The summed E-state index contributed by atoms with van der Waals surface area (Å²) in [6.45, 7) is 4.93. The maximum absolute atomic E-state index is 13.4. The Labute approximate surface area is 229 Å². The first-order chi connectivity index (χ1) is 18.6. The molecule has 0 aliphatic heterocycles. The summed E-state index contributed by atoms with van der Waals surface area (Å²) in [7, 11) is -3.97. The molecule has 0 aliphatic rings. The van der Waals surface area contributed by atoms with Crippen molar-refractivity contribution in [2.24, 2.45) is 4.99 Å². The van der Waals surface area contributed by atoms with Crippen LogP contribution in [0.4, 0.5) is 11.4 Å². The molecule has 1 aromatic heterocycles. The first kappa shape index (κ1) is 27.7. The van der Waals surface area contributed by atoms with E-state index in [1.54, 1.807) is 54.0 Å². The van der Waals surface area contributed by atoms with Crippen molar-refractivity contribution in [2.45, 2.75) is 32.2 Å².